The van der Waals surface area contributed by atoms with E-state index in [0.717, 1.165) is 5.56 Å². The van der Waals surface area contributed by atoms with Gasteiger partial charge >= 0.3 is 0 Å². The van der Waals surface area contributed by atoms with Gasteiger partial charge in [0.05, 0.1) is 23.9 Å². The summed E-state index contributed by atoms with van der Waals surface area (Å²) in [6, 6.07) is 13.8. The Morgan fingerprint density at radius 3 is 2.40 bits per heavy atom. The molecule has 0 saturated carbocycles. The monoisotopic (exact) mass is 451 g/mol. The molecule has 1 aliphatic heterocycles. The van der Waals surface area contributed by atoms with E-state index in [0.29, 0.717) is 42.6 Å². The van der Waals surface area contributed by atoms with Crippen LogP contribution in [0.1, 0.15) is 12.5 Å². The molecule has 0 radical (unpaired) electrons. The highest BCUT2D eigenvalue weighted by Gasteiger charge is 2.31. The van der Waals surface area contributed by atoms with Crippen LogP contribution in [0.5, 0.6) is 5.75 Å². The van der Waals surface area contributed by atoms with Gasteiger partial charge in [0.1, 0.15) is 5.75 Å². The first-order valence-electron chi connectivity index (χ1n) is 9.70. The SMILES string of the molecule is COc1ccc(NC(=O)[C@H](C)N2CCN(S(=O)(=O)Cc3ccccc3)CC2)cc1Cl. The van der Waals surface area contributed by atoms with Gasteiger partial charge in [0.25, 0.3) is 0 Å². The molecule has 30 heavy (non-hydrogen) atoms. The van der Waals surface area contributed by atoms with Gasteiger partial charge in [-0.2, -0.15) is 4.31 Å². The Morgan fingerprint density at radius 2 is 1.80 bits per heavy atom. The third-order valence-electron chi connectivity index (χ3n) is 5.21. The first kappa shape index (κ1) is 22.6. The van der Waals surface area contributed by atoms with Crippen molar-refractivity contribution in [2.75, 3.05) is 38.6 Å². The average molecular weight is 452 g/mol. The number of methoxy groups -OCH3 is 1. The molecule has 162 valence electrons. The van der Waals surface area contributed by atoms with Crippen LogP contribution in [0.3, 0.4) is 0 Å². The van der Waals surface area contributed by atoms with E-state index in [-0.39, 0.29) is 11.7 Å². The zero-order valence-electron chi connectivity index (χ0n) is 17.0. The summed E-state index contributed by atoms with van der Waals surface area (Å²) in [5.41, 5.74) is 1.35. The fraction of sp³-hybridized carbons (Fsp3) is 0.381. The van der Waals surface area contributed by atoms with Crippen LogP contribution in [-0.4, -0.2) is 62.9 Å². The molecule has 0 unspecified atom stereocenters. The molecule has 1 heterocycles. The van der Waals surface area contributed by atoms with E-state index >= 15 is 0 Å². The van der Waals surface area contributed by atoms with Gasteiger partial charge in [0.2, 0.25) is 15.9 Å². The first-order chi connectivity index (χ1) is 14.3. The van der Waals surface area contributed by atoms with E-state index in [2.05, 4.69) is 5.32 Å². The Hall–Kier alpha value is -2.13. The highest BCUT2D eigenvalue weighted by molar-refractivity contribution is 7.88. The zero-order chi connectivity index (χ0) is 21.7. The Bertz CT molecular complexity index is 977. The molecular formula is C21H26ClN3O4S. The van der Waals surface area contributed by atoms with E-state index < -0.39 is 16.1 Å². The van der Waals surface area contributed by atoms with E-state index in [1.165, 1.54) is 11.4 Å². The van der Waals surface area contributed by atoms with Gasteiger partial charge in [0.15, 0.2) is 0 Å². The van der Waals surface area contributed by atoms with Crippen molar-refractivity contribution < 1.29 is 17.9 Å². The number of ether oxygens (including phenoxy) is 1. The lowest BCUT2D eigenvalue weighted by Gasteiger charge is -2.36. The van der Waals surface area contributed by atoms with Crippen molar-refractivity contribution in [1.82, 2.24) is 9.21 Å². The van der Waals surface area contributed by atoms with Crippen LogP contribution >= 0.6 is 11.6 Å². The molecule has 0 spiro atoms. The highest BCUT2D eigenvalue weighted by Crippen LogP contribution is 2.27. The molecule has 1 atom stereocenters. The van der Waals surface area contributed by atoms with Crippen molar-refractivity contribution in [2.24, 2.45) is 0 Å². The third-order valence-corrected chi connectivity index (χ3v) is 7.35. The second-order valence-electron chi connectivity index (χ2n) is 7.19. The summed E-state index contributed by atoms with van der Waals surface area (Å²) < 4.78 is 32.0. The summed E-state index contributed by atoms with van der Waals surface area (Å²) in [5.74, 6) is 0.356. The lowest BCUT2D eigenvalue weighted by atomic mass is 10.2. The van der Waals surface area contributed by atoms with Crippen LogP contribution in [0.15, 0.2) is 48.5 Å². The maximum Gasteiger partial charge on any atom is 0.241 e. The fourth-order valence-corrected chi connectivity index (χ4v) is 5.18. The van der Waals surface area contributed by atoms with Crippen LogP contribution in [0.25, 0.3) is 0 Å². The minimum absolute atomic E-state index is 0.0118. The zero-order valence-corrected chi connectivity index (χ0v) is 18.6. The van der Waals surface area contributed by atoms with Crippen LogP contribution in [0.2, 0.25) is 5.02 Å². The van der Waals surface area contributed by atoms with Crippen LogP contribution < -0.4 is 10.1 Å². The predicted octanol–water partition coefficient (Wildman–Crippen LogP) is 2.82. The van der Waals surface area contributed by atoms with Gasteiger partial charge in [0, 0.05) is 31.9 Å². The molecule has 1 fully saturated rings. The molecule has 0 bridgehead atoms. The number of sulfonamides is 1. The van der Waals surface area contributed by atoms with Gasteiger partial charge in [-0.05, 0) is 30.7 Å². The smallest absolute Gasteiger partial charge is 0.241 e. The standard InChI is InChI=1S/C21H26ClN3O4S/c1-16(21(26)23-18-8-9-20(29-2)19(22)14-18)24-10-12-25(13-11-24)30(27,28)15-17-6-4-3-5-7-17/h3-9,14,16H,10-13,15H2,1-2H3,(H,23,26)/t16-/m0/s1. The molecule has 1 aliphatic rings. The van der Waals surface area contributed by atoms with E-state index in [4.69, 9.17) is 16.3 Å². The minimum Gasteiger partial charge on any atom is -0.495 e. The van der Waals surface area contributed by atoms with E-state index in [1.807, 2.05) is 42.2 Å². The topological polar surface area (TPSA) is 79.0 Å². The predicted molar refractivity (Wildman–Crippen MR) is 118 cm³/mol. The minimum atomic E-state index is -3.39. The maximum absolute atomic E-state index is 12.7. The second-order valence-corrected chi connectivity index (χ2v) is 9.57. The number of piperazine rings is 1. The lowest BCUT2D eigenvalue weighted by Crippen LogP contribution is -2.54. The number of rotatable bonds is 7. The molecular weight excluding hydrogens is 426 g/mol. The van der Waals surface area contributed by atoms with Gasteiger partial charge in [-0.15, -0.1) is 0 Å². The third kappa shape index (κ3) is 5.51. The normalized spacial score (nSPS) is 16.8. The number of carbonyl (C=O) groups is 1. The quantitative estimate of drug-likeness (QED) is 0.700. The van der Waals surface area contributed by atoms with Gasteiger partial charge in [-0.3, -0.25) is 9.69 Å². The number of anilines is 1. The Labute approximate surface area is 182 Å². The second kappa shape index (κ2) is 9.78. The number of amides is 1. The number of carbonyl (C=O) groups excluding carboxylic acids is 1. The van der Waals surface area contributed by atoms with Crippen molar-refractivity contribution in [3.05, 3.63) is 59.1 Å². The number of hydrogen-bond acceptors (Lipinski definition) is 5. The number of halogens is 1. The number of nitrogens with zero attached hydrogens (tertiary/aromatic N) is 2. The summed E-state index contributed by atoms with van der Waals surface area (Å²) in [4.78, 5) is 14.6. The van der Waals surface area contributed by atoms with Gasteiger partial charge < -0.3 is 10.1 Å². The van der Waals surface area contributed by atoms with Gasteiger partial charge in [-0.1, -0.05) is 41.9 Å². The van der Waals surface area contributed by atoms with E-state index in [9.17, 15) is 13.2 Å². The summed E-state index contributed by atoms with van der Waals surface area (Å²) in [6.45, 7) is 3.52. The maximum atomic E-state index is 12.7. The lowest BCUT2D eigenvalue weighted by molar-refractivity contribution is -0.121. The largest absolute Gasteiger partial charge is 0.495 e. The van der Waals surface area contributed by atoms with Crippen molar-refractivity contribution in [1.29, 1.82) is 0 Å². The molecule has 1 amide bonds. The van der Waals surface area contributed by atoms with Crippen LogP contribution in [0, 0.1) is 0 Å². The summed E-state index contributed by atoms with van der Waals surface area (Å²) in [5, 5.41) is 3.27. The summed E-state index contributed by atoms with van der Waals surface area (Å²) in [7, 11) is -1.86. The van der Waals surface area contributed by atoms with Gasteiger partial charge in [-0.25, -0.2) is 8.42 Å². The Morgan fingerprint density at radius 1 is 1.13 bits per heavy atom. The Balaban J connectivity index is 1.55. The Kier molecular flexibility index (Phi) is 7.36. The first-order valence-corrected chi connectivity index (χ1v) is 11.7. The molecule has 0 aromatic heterocycles. The van der Waals surface area contributed by atoms with Crippen molar-refractivity contribution >= 4 is 33.2 Å². The average Bonchev–Trinajstić information content (AvgIpc) is 2.74. The van der Waals surface area contributed by atoms with Crippen LogP contribution in [0.4, 0.5) is 5.69 Å². The molecule has 2 aromatic rings. The molecule has 2 aromatic carbocycles. The van der Waals surface area contributed by atoms with Crippen molar-refractivity contribution in [2.45, 2.75) is 18.7 Å². The number of nitrogens with one attached hydrogen (secondary N) is 1. The van der Waals surface area contributed by atoms with Crippen LogP contribution in [-0.2, 0) is 20.6 Å². The van der Waals surface area contributed by atoms with Crippen molar-refractivity contribution in [3.8, 4) is 5.75 Å². The van der Waals surface area contributed by atoms with E-state index in [1.54, 1.807) is 18.2 Å². The molecule has 0 aliphatic carbocycles. The molecule has 9 heteroatoms. The summed E-state index contributed by atoms with van der Waals surface area (Å²) in [6.07, 6.45) is 0. The number of benzene rings is 2. The number of hydrogen-bond donors (Lipinski definition) is 1. The summed E-state index contributed by atoms with van der Waals surface area (Å²) >= 11 is 6.11. The molecule has 1 saturated heterocycles. The van der Waals surface area contributed by atoms with Crippen molar-refractivity contribution in [3.63, 3.8) is 0 Å². The molecule has 1 N–H and O–H groups in total. The highest BCUT2D eigenvalue weighted by atomic mass is 35.5. The molecule has 3 rings (SSSR count). The fourth-order valence-electron chi connectivity index (χ4n) is 3.40. The molecule has 7 nitrogen and oxygen atoms in total.